The van der Waals surface area contributed by atoms with Crippen molar-refractivity contribution in [3.63, 3.8) is 0 Å². The third kappa shape index (κ3) is 3.61. The van der Waals surface area contributed by atoms with Crippen molar-refractivity contribution in [2.75, 3.05) is 37.0 Å². The van der Waals surface area contributed by atoms with Gasteiger partial charge in [0.05, 0.1) is 0 Å². The molecule has 0 amide bonds. The number of fused-ring (bicyclic) bond motifs is 2. The average molecular weight is 354 g/mol. The lowest BCUT2D eigenvalue weighted by molar-refractivity contribution is 0.766. The number of hydrogen-bond donors (Lipinski definition) is 0. The predicted molar refractivity (Wildman–Crippen MR) is 119 cm³/mol. The second-order valence-corrected chi connectivity index (χ2v) is 7.19. The Hall–Kier alpha value is -3.00. The van der Waals surface area contributed by atoms with Crippen LogP contribution in [0.4, 0.5) is 11.4 Å². The van der Waals surface area contributed by atoms with Crippen molar-refractivity contribution in [3.8, 4) is 0 Å². The van der Waals surface area contributed by atoms with Crippen molar-refractivity contribution in [3.05, 3.63) is 84.9 Å². The summed E-state index contributed by atoms with van der Waals surface area (Å²) in [7, 11) is 4.39. The highest BCUT2D eigenvalue weighted by Gasteiger charge is 2.08. The summed E-state index contributed by atoms with van der Waals surface area (Å²) in [5.74, 6) is 0. The zero-order valence-corrected chi connectivity index (χ0v) is 16.1. The fraction of sp³-hybridized carbons (Fsp3) is 0.200. The van der Waals surface area contributed by atoms with Crippen molar-refractivity contribution in [2.45, 2.75) is 6.42 Å². The van der Waals surface area contributed by atoms with Crippen LogP contribution in [0, 0.1) is 0 Å². The molecule has 0 aliphatic rings. The topological polar surface area (TPSA) is 6.48 Å². The Labute approximate surface area is 161 Å². The molecule has 0 N–H and O–H groups in total. The molecule has 4 aromatic carbocycles. The van der Waals surface area contributed by atoms with Gasteiger partial charge in [0.2, 0.25) is 0 Å². The van der Waals surface area contributed by atoms with Gasteiger partial charge >= 0.3 is 0 Å². The van der Waals surface area contributed by atoms with Gasteiger partial charge in [0.1, 0.15) is 0 Å². The summed E-state index contributed by atoms with van der Waals surface area (Å²) in [5, 5.41) is 5.25. The molecular formula is C25H26N2. The van der Waals surface area contributed by atoms with Crippen LogP contribution in [0.2, 0.25) is 0 Å². The maximum Gasteiger partial charge on any atom is 0.0443 e. The van der Waals surface area contributed by atoms with Crippen molar-refractivity contribution in [1.82, 2.24) is 0 Å². The van der Waals surface area contributed by atoms with Crippen LogP contribution in [0.5, 0.6) is 0 Å². The van der Waals surface area contributed by atoms with E-state index >= 15 is 0 Å². The van der Waals surface area contributed by atoms with Gasteiger partial charge in [-0.3, -0.25) is 0 Å². The molecule has 136 valence electrons. The fourth-order valence-electron chi connectivity index (χ4n) is 3.87. The lowest BCUT2D eigenvalue weighted by Gasteiger charge is -2.25. The molecule has 4 aromatic rings. The van der Waals surface area contributed by atoms with Crippen LogP contribution in [-0.4, -0.2) is 27.2 Å². The summed E-state index contributed by atoms with van der Waals surface area (Å²) in [5.41, 5.74) is 2.61. The zero-order chi connectivity index (χ0) is 18.6. The van der Waals surface area contributed by atoms with E-state index in [1.54, 1.807) is 0 Å². The normalized spacial score (nSPS) is 11.0. The van der Waals surface area contributed by atoms with E-state index < -0.39 is 0 Å². The first kappa shape index (κ1) is 17.4. The van der Waals surface area contributed by atoms with Crippen molar-refractivity contribution in [2.24, 2.45) is 0 Å². The smallest absolute Gasteiger partial charge is 0.0443 e. The van der Waals surface area contributed by atoms with Crippen LogP contribution in [0.3, 0.4) is 0 Å². The van der Waals surface area contributed by atoms with E-state index in [-0.39, 0.29) is 0 Å². The molecule has 0 bridgehead atoms. The number of hydrogen-bond acceptors (Lipinski definition) is 2. The van der Waals surface area contributed by atoms with Crippen molar-refractivity contribution >= 4 is 32.9 Å². The molecule has 0 aromatic heterocycles. The minimum absolute atomic E-state index is 1.03. The van der Waals surface area contributed by atoms with Gasteiger partial charge in [0.25, 0.3) is 0 Å². The Morgan fingerprint density at radius 1 is 0.519 bits per heavy atom. The maximum atomic E-state index is 2.37. The summed E-state index contributed by atoms with van der Waals surface area (Å²) in [6.07, 6.45) is 1.11. The highest BCUT2D eigenvalue weighted by Crippen LogP contribution is 2.27. The van der Waals surface area contributed by atoms with E-state index in [0.29, 0.717) is 0 Å². The third-order valence-electron chi connectivity index (χ3n) is 5.34. The molecule has 0 saturated carbocycles. The molecule has 0 aliphatic carbocycles. The molecule has 4 rings (SSSR count). The molecule has 0 radical (unpaired) electrons. The summed E-state index contributed by atoms with van der Waals surface area (Å²) in [6, 6.07) is 30.3. The third-order valence-corrected chi connectivity index (χ3v) is 5.34. The summed E-state index contributed by atoms with van der Waals surface area (Å²) in [4.78, 5) is 4.75. The molecule has 2 heteroatoms. The van der Waals surface area contributed by atoms with E-state index in [1.807, 2.05) is 0 Å². The number of nitrogens with zero attached hydrogens (tertiary/aromatic N) is 2. The molecule has 0 atom stereocenters. The first-order chi connectivity index (χ1) is 13.2. The Morgan fingerprint density at radius 3 is 1.41 bits per heavy atom. The predicted octanol–water partition coefficient (Wildman–Crippen LogP) is 5.96. The van der Waals surface area contributed by atoms with Crippen LogP contribution in [-0.2, 0) is 0 Å². The first-order valence-electron chi connectivity index (χ1n) is 9.62. The van der Waals surface area contributed by atoms with Crippen molar-refractivity contribution in [1.29, 1.82) is 0 Å². The zero-order valence-electron chi connectivity index (χ0n) is 16.1. The monoisotopic (exact) mass is 354 g/mol. The number of anilines is 2. The second-order valence-electron chi connectivity index (χ2n) is 7.19. The summed E-state index contributed by atoms with van der Waals surface area (Å²) < 4.78 is 0. The Balaban J connectivity index is 1.44. The van der Waals surface area contributed by atoms with E-state index in [2.05, 4.69) is 109 Å². The van der Waals surface area contributed by atoms with Crippen LogP contribution in [0.25, 0.3) is 21.5 Å². The highest BCUT2D eigenvalue weighted by molar-refractivity contribution is 5.95. The standard InChI is InChI=1S/C25H26N2/c1-26(24-16-7-12-20-10-3-5-14-22(20)24)18-9-19-27(2)25-17-8-13-21-11-4-6-15-23(21)25/h3-8,10-17H,9,18-19H2,1-2H3. The quantitative estimate of drug-likeness (QED) is 0.422. The lowest BCUT2D eigenvalue weighted by atomic mass is 10.1. The SMILES string of the molecule is CN(CCCN(C)c1cccc2ccccc12)c1cccc2ccccc12. The first-order valence-corrected chi connectivity index (χ1v) is 9.62. The molecule has 0 fully saturated rings. The van der Waals surface area contributed by atoms with E-state index in [0.717, 1.165) is 19.5 Å². The van der Waals surface area contributed by atoms with Gasteiger partial charge in [-0.1, -0.05) is 72.8 Å². The fourth-order valence-corrected chi connectivity index (χ4v) is 3.87. The van der Waals surface area contributed by atoms with Gasteiger partial charge in [0, 0.05) is 49.3 Å². The largest absolute Gasteiger partial charge is 0.374 e. The van der Waals surface area contributed by atoms with Crippen LogP contribution >= 0.6 is 0 Å². The summed E-state index contributed by atoms with van der Waals surface area (Å²) in [6.45, 7) is 2.06. The lowest BCUT2D eigenvalue weighted by Crippen LogP contribution is -2.25. The van der Waals surface area contributed by atoms with Crippen LogP contribution < -0.4 is 9.80 Å². The molecule has 0 heterocycles. The van der Waals surface area contributed by atoms with E-state index in [1.165, 1.54) is 32.9 Å². The average Bonchev–Trinajstić information content (AvgIpc) is 2.72. The minimum atomic E-state index is 1.03. The van der Waals surface area contributed by atoms with Crippen molar-refractivity contribution < 1.29 is 0 Å². The summed E-state index contributed by atoms with van der Waals surface area (Å²) >= 11 is 0. The van der Waals surface area contributed by atoms with Gasteiger partial charge in [-0.05, 0) is 29.3 Å². The van der Waals surface area contributed by atoms with Gasteiger partial charge in [-0.15, -0.1) is 0 Å². The van der Waals surface area contributed by atoms with Crippen LogP contribution in [0.1, 0.15) is 6.42 Å². The Morgan fingerprint density at radius 2 is 0.926 bits per heavy atom. The van der Waals surface area contributed by atoms with Gasteiger partial charge in [-0.25, -0.2) is 0 Å². The van der Waals surface area contributed by atoms with Gasteiger partial charge in [0.15, 0.2) is 0 Å². The highest BCUT2D eigenvalue weighted by atomic mass is 15.1. The molecule has 27 heavy (non-hydrogen) atoms. The molecule has 0 spiro atoms. The van der Waals surface area contributed by atoms with Gasteiger partial charge in [-0.2, -0.15) is 0 Å². The maximum absolute atomic E-state index is 2.37. The Bertz CT molecular complexity index is 958. The molecule has 0 saturated heterocycles. The molecule has 2 nitrogen and oxygen atoms in total. The molecular weight excluding hydrogens is 328 g/mol. The molecule has 0 aliphatic heterocycles. The second kappa shape index (κ2) is 7.71. The van der Waals surface area contributed by atoms with E-state index in [9.17, 15) is 0 Å². The number of benzene rings is 4. The Kier molecular flexibility index (Phi) is 4.97. The number of rotatable bonds is 6. The van der Waals surface area contributed by atoms with Gasteiger partial charge < -0.3 is 9.80 Å². The van der Waals surface area contributed by atoms with Crippen LogP contribution in [0.15, 0.2) is 84.9 Å². The molecule has 0 unspecified atom stereocenters. The van der Waals surface area contributed by atoms with E-state index in [4.69, 9.17) is 0 Å². The minimum Gasteiger partial charge on any atom is -0.374 e.